The number of imide groups is 1. The highest BCUT2D eigenvalue weighted by atomic mass is 32.2. The van der Waals surface area contributed by atoms with Crippen LogP contribution in [0.2, 0.25) is 0 Å². The fourth-order valence-electron chi connectivity index (χ4n) is 8.45. The first kappa shape index (κ1) is 44.3. The van der Waals surface area contributed by atoms with Crippen LogP contribution in [0.1, 0.15) is 73.0 Å². The Balaban J connectivity index is 0.812. The van der Waals surface area contributed by atoms with Crippen LogP contribution in [0.3, 0.4) is 0 Å². The van der Waals surface area contributed by atoms with Crippen molar-refractivity contribution >= 4 is 61.8 Å². The molecular formula is C45H50F2N10O6S. The van der Waals surface area contributed by atoms with Gasteiger partial charge in [-0.25, -0.2) is 13.8 Å². The Bertz CT molecular complexity index is 2660. The Morgan fingerprint density at radius 1 is 0.906 bits per heavy atom. The monoisotopic (exact) mass is 896 g/mol. The van der Waals surface area contributed by atoms with E-state index in [2.05, 4.69) is 40.5 Å². The van der Waals surface area contributed by atoms with Crippen molar-refractivity contribution in [3.8, 4) is 11.1 Å². The zero-order chi connectivity index (χ0) is 45.1. The number of H-pyrrole nitrogens is 1. The smallest absolute Gasteiger partial charge is 0.301 e. The molecule has 0 bridgehead atoms. The number of rotatable bonds is 14. The van der Waals surface area contributed by atoms with Gasteiger partial charge < -0.3 is 25.4 Å². The summed E-state index contributed by atoms with van der Waals surface area (Å²) in [6.07, 6.45) is 8.82. The molecule has 0 saturated carbocycles. The summed E-state index contributed by atoms with van der Waals surface area (Å²) in [5, 5.41) is 9.34. The number of pyridine rings is 2. The van der Waals surface area contributed by atoms with E-state index < -0.39 is 44.9 Å². The second kappa shape index (κ2) is 18.8. The number of halogens is 2. The molecule has 64 heavy (non-hydrogen) atoms. The molecule has 8 rings (SSSR count). The number of fused-ring (bicyclic) bond motifs is 1. The number of carbonyl (C=O) groups excluding carboxylic acids is 4. The van der Waals surface area contributed by atoms with E-state index in [0.29, 0.717) is 42.5 Å². The van der Waals surface area contributed by atoms with Crippen molar-refractivity contribution in [1.82, 2.24) is 34.8 Å². The second-order valence-corrected chi connectivity index (χ2v) is 18.2. The van der Waals surface area contributed by atoms with E-state index in [4.69, 9.17) is 0 Å². The first-order chi connectivity index (χ1) is 30.8. The lowest BCUT2D eigenvalue weighted by Gasteiger charge is -2.35. The molecule has 0 spiro atoms. The van der Waals surface area contributed by atoms with Gasteiger partial charge in [0.25, 0.3) is 0 Å². The molecule has 1 unspecified atom stereocenters. The predicted octanol–water partition coefficient (Wildman–Crippen LogP) is 4.92. The largest absolute Gasteiger partial charge is 0.372 e. The summed E-state index contributed by atoms with van der Waals surface area (Å²) in [5.41, 5.74) is 3.10. The maximum absolute atomic E-state index is 15.6. The molecule has 5 N–H and O–H groups in total. The number of likely N-dealkylation sites (tertiary alicyclic amines) is 1. The molecule has 19 heteroatoms. The average Bonchev–Trinajstić information content (AvgIpc) is 3.74. The second-order valence-electron chi connectivity index (χ2n) is 16.4. The van der Waals surface area contributed by atoms with Gasteiger partial charge in [0.2, 0.25) is 23.5 Å². The number of benzene rings is 2. The molecule has 6 heterocycles. The molecule has 2 aromatic carbocycles. The number of nitrogens with one attached hydrogen (secondary N) is 5. The SMILES string of the molecule is CCN(C)S(=O)(=O)Nc1ccc(F)c(C(=O)c2c[nH]c3ncc(-c4ccc(N5CCC(NCC(=O)N6CCC(c7ccc(NC8CCC(=O)NC8=O)cn7)CC6)CC5)cc4)cc23)c1F. The number of carbonyl (C=O) groups is 4. The van der Waals surface area contributed by atoms with E-state index in [9.17, 15) is 27.6 Å². The Morgan fingerprint density at radius 3 is 2.34 bits per heavy atom. The lowest BCUT2D eigenvalue weighted by Crippen LogP contribution is -2.48. The number of aromatic amines is 1. The molecule has 0 radical (unpaired) electrons. The van der Waals surface area contributed by atoms with Crippen molar-refractivity contribution < 1.29 is 36.4 Å². The molecular weight excluding hydrogens is 847 g/mol. The van der Waals surface area contributed by atoms with Gasteiger partial charge in [-0.05, 0) is 80.1 Å². The fraction of sp³-hybridized carbons (Fsp3) is 0.378. The molecule has 3 aliphatic heterocycles. The van der Waals surface area contributed by atoms with E-state index in [-0.39, 0.29) is 48.3 Å². The topological polar surface area (TPSA) is 202 Å². The highest BCUT2D eigenvalue weighted by Gasteiger charge is 2.30. The summed E-state index contributed by atoms with van der Waals surface area (Å²) in [6, 6.07) is 15.1. The van der Waals surface area contributed by atoms with Crippen LogP contribution in [0, 0.1) is 11.6 Å². The number of anilines is 3. The number of aromatic nitrogens is 3. The zero-order valence-corrected chi connectivity index (χ0v) is 36.3. The summed E-state index contributed by atoms with van der Waals surface area (Å²) in [6.45, 7) is 4.91. The van der Waals surface area contributed by atoms with Crippen LogP contribution in [0.25, 0.3) is 22.2 Å². The fourth-order valence-corrected chi connectivity index (χ4v) is 9.38. The number of amides is 3. The van der Waals surface area contributed by atoms with Gasteiger partial charge in [-0.2, -0.15) is 12.7 Å². The molecule has 1 atom stereocenters. The van der Waals surface area contributed by atoms with Gasteiger partial charge in [0, 0.05) is 98.4 Å². The van der Waals surface area contributed by atoms with E-state index in [1.165, 1.54) is 13.2 Å². The summed E-state index contributed by atoms with van der Waals surface area (Å²) in [4.78, 5) is 66.6. The van der Waals surface area contributed by atoms with Crippen molar-refractivity contribution in [3.63, 3.8) is 0 Å². The van der Waals surface area contributed by atoms with Crippen molar-refractivity contribution in [2.45, 2.75) is 63.5 Å². The maximum Gasteiger partial charge on any atom is 0.301 e. The number of hydrogen-bond donors (Lipinski definition) is 5. The van der Waals surface area contributed by atoms with Crippen molar-refractivity contribution in [2.24, 2.45) is 0 Å². The first-order valence-electron chi connectivity index (χ1n) is 21.4. The van der Waals surface area contributed by atoms with Gasteiger partial charge in [0.05, 0.1) is 29.7 Å². The maximum atomic E-state index is 15.6. The Kier molecular flexibility index (Phi) is 13.0. The molecule has 3 saturated heterocycles. The van der Waals surface area contributed by atoms with Gasteiger partial charge in [0.15, 0.2) is 5.82 Å². The quantitative estimate of drug-likeness (QED) is 0.0748. The van der Waals surface area contributed by atoms with Crippen LogP contribution in [0.5, 0.6) is 0 Å². The van der Waals surface area contributed by atoms with Gasteiger partial charge in [-0.1, -0.05) is 19.1 Å². The predicted molar refractivity (Wildman–Crippen MR) is 238 cm³/mol. The molecule has 3 aliphatic rings. The van der Waals surface area contributed by atoms with E-state index in [0.717, 1.165) is 77.8 Å². The van der Waals surface area contributed by atoms with Crippen LogP contribution in [-0.2, 0) is 24.6 Å². The lowest BCUT2D eigenvalue weighted by atomic mass is 9.93. The minimum atomic E-state index is -4.14. The van der Waals surface area contributed by atoms with Gasteiger partial charge >= 0.3 is 10.2 Å². The van der Waals surface area contributed by atoms with Crippen LogP contribution < -0.4 is 25.6 Å². The molecule has 16 nitrogen and oxygen atoms in total. The Morgan fingerprint density at radius 2 is 1.66 bits per heavy atom. The lowest BCUT2D eigenvalue weighted by molar-refractivity contribution is -0.134. The molecule has 3 aromatic heterocycles. The summed E-state index contributed by atoms with van der Waals surface area (Å²) in [5.74, 6) is -3.67. The Hall–Kier alpha value is -6.31. The molecule has 0 aliphatic carbocycles. The standard InChI is InChI=1S/C45H50F2N10O6S/c1-3-55(2)64(62,63)54-37-11-9-35(46)41(42(37)47)43(60)34-25-51-44-33(34)22-29(23-50-44)27-4-7-32(8-5-27)56-20-16-30(17-21-56)48-26-40(59)57-18-14-28(15-19-57)36-10-6-31(24-49-36)52-38-12-13-39(58)53-45(38)61/h4-11,22-25,28,30,38,48,52,54H,3,12-21,26H2,1-2H3,(H,50,51)(H,53,58,61). The van der Waals surface area contributed by atoms with E-state index in [1.54, 1.807) is 25.4 Å². The van der Waals surface area contributed by atoms with Gasteiger partial charge in [0.1, 0.15) is 17.5 Å². The highest BCUT2D eigenvalue weighted by Crippen LogP contribution is 2.32. The van der Waals surface area contributed by atoms with Crippen molar-refractivity contribution in [3.05, 3.63) is 102 Å². The molecule has 5 aromatic rings. The molecule has 3 amide bonds. The molecule has 3 fully saturated rings. The van der Waals surface area contributed by atoms with Gasteiger partial charge in [-0.15, -0.1) is 0 Å². The number of piperidine rings is 3. The highest BCUT2D eigenvalue weighted by molar-refractivity contribution is 7.90. The third-order valence-electron chi connectivity index (χ3n) is 12.4. The summed E-state index contributed by atoms with van der Waals surface area (Å²) in [7, 11) is -2.84. The average molecular weight is 897 g/mol. The van der Waals surface area contributed by atoms with Crippen LogP contribution in [0.15, 0.2) is 73.2 Å². The summed E-state index contributed by atoms with van der Waals surface area (Å²) < 4.78 is 58.8. The minimum Gasteiger partial charge on any atom is -0.372 e. The third-order valence-corrected chi connectivity index (χ3v) is 14.0. The Labute approximate surface area is 369 Å². The van der Waals surface area contributed by atoms with Gasteiger partial charge in [-0.3, -0.25) is 34.2 Å². The van der Waals surface area contributed by atoms with Crippen LogP contribution in [-0.4, -0.2) is 114 Å². The number of nitrogens with zero attached hydrogens (tertiary/aromatic N) is 5. The zero-order valence-electron chi connectivity index (χ0n) is 35.5. The van der Waals surface area contributed by atoms with Crippen molar-refractivity contribution in [2.75, 3.05) is 61.3 Å². The van der Waals surface area contributed by atoms with E-state index in [1.807, 2.05) is 41.3 Å². The molecule has 336 valence electrons. The number of ketones is 1. The normalized spacial score (nSPS) is 17.8. The summed E-state index contributed by atoms with van der Waals surface area (Å²) >= 11 is 0. The minimum absolute atomic E-state index is 0.0213. The first-order valence-corrected chi connectivity index (χ1v) is 22.9. The third kappa shape index (κ3) is 9.60. The van der Waals surface area contributed by atoms with Crippen molar-refractivity contribution in [1.29, 1.82) is 0 Å². The number of hydrogen-bond acceptors (Lipinski definition) is 11. The van der Waals surface area contributed by atoms with E-state index >= 15 is 8.78 Å². The van der Waals surface area contributed by atoms with Crippen LogP contribution in [0.4, 0.5) is 25.8 Å². The van der Waals surface area contributed by atoms with Crippen LogP contribution >= 0.6 is 0 Å².